The molecule has 3 aromatic rings. The van der Waals surface area contributed by atoms with Gasteiger partial charge in [0.15, 0.2) is 5.13 Å². The predicted molar refractivity (Wildman–Crippen MR) is 119 cm³/mol. The minimum Gasteiger partial charge on any atom is -0.507 e. The Morgan fingerprint density at radius 3 is 2.50 bits per heavy atom. The molecule has 2 aromatic carbocycles. The molecule has 0 spiro atoms. The third-order valence-electron chi connectivity index (χ3n) is 5.42. The summed E-state index contributed by atoms with van der Waals surface area (Å²) in [5.41, 5.74) is 4.35. The van der Waals surface area contributed by atoms with Gasteiger partial charge in [-0.15, -0.1) is 11.3 Å². The number of Topliss-reactive ketones (excluding diaryl/α,β-unsaturated/α-hetero) is 1. The standard InChI is InChI=1S/C24H22N2O3S/c1-4-16-7-9-17(10-8-16)20-19(21(27)18-13-14(2)5-6-15(18)3)22(28)23(29)26(20)24-25-11-12-30-24/h5-13,20,27H,4H2,1-3H3/b21-19+. The zero-order chi connectivity index (χ0) is 21.4. The summed E-state index contributed by atoms with van der Waals surface area (Å²) >= 11 is 1.28. The second kappa shape index (κ2) is 7.88. The topological polar surface area (TPSA) is 70.5 Å². The first-order chi connectivity index (χ1) is 14.4. The van der Waals surface area contributed by atoms with E-state index in [-0.39, 0.29) is 11.3 Å². The Hall–Kier alpha value is -3.25. The first kappa shape index (κ1) is 20.0. The highest BCUT2D eigenvalue weighted by Gasteiger charge is 2.48. The van der Waals surface area contributed by atoms with Crippen molar-refractivity contribution in [3.05, 3.63) is 87.4 Å². The molecule has 1 fully saturated rings. The SMILES string of the molecule is CCc1ccc(C2/C(=C(\O)c3cc(C)ccc3C)C(=O)C(=O)N2c2nccs2)cc1. The van der Waals surface area contributed by atoms with Crippen LogP contribution in [0.1, 0.15) is 40.8 Å². The van der Waals surface area contributed by atoms with E-state index in [1.165, 1.54) is 16.2 Å². The van der Waals surface area contributed by atoms with E-state index in [9.17, 15) is 14.7 Å². The van der Waals surface area contributed by atoms with E-state index in [4.69, 9.17) is 0 Å². The molecule has 2 heterocycles. The van der Waals surface area contributed by atoms with Gasteiger partial charge in [-0.05, 0) is 43.0 Å². The molecule has 0 aliphatic carbocycles. The van der Waals surface area contributed by atoms with E-state index < -0.39 is 17.7 Å². The largest absolute Gasteiger partial charge is 0.507 e. The van der Waals surface area contributed by atoms with Gasteiger partial charge in [-0.3, -0.25) is 14.5 Å². The second-order valence-corrected chi connectivity index (χ2v) is 8.27. The van der Waals surface area contributed by atoms with Crippen LogP contribution >= 0.6 is 11.3 Å². The van der Waals surface area contributed by atoms with Crippen molar-refractivity contribution in [1.29, 1.82) is 0 Å². The van der Waals surface area contributed by atoms with Crippen molar-refractivity contribution in [3.63, 3.8) is 0 Å². The lowest BCUT2D eigenvalue weighted by molar-refractivity contribution is -0.132. The quantitative estimate of drug-likeness (QED) is 0.370. The number of carbonyl (C=O) groups excluding carboxylic acids is 2. The maximum Gasteiger partial charge on any atom is 0.301 e. The molecule has 1 saturated heterocycles. The molecule has 1 aliphatic rings. The number of anilines is 1. The Morgan fingerprint density at radius 1 is 1.13 bits per heavy atom. The van der Waals surface area contributed by atoms with Gasteiger partial charge < -0.3 is 5.11 Å². The molecule has 152 valence electrons. The van der Waals surface area contributed by atoms with E-state index in [0.717, 1.165) is 28.7 Å². The number of aryl methyl sites for hydroxylation is 3. The van der Waals surface area contributed by atoms with Crippen LogP contribution in [0.5, 0.6) is 0 Å². The molecule has 0 radical (unpaired) electrons. The zero-order valence-corrected chi connectivity index (χ0v) is 17.9. The smallest absolute Gasteiger partial charge is 0.301 e. The minimum absolute atomic E-state index is 0.0909. The Bertz CT molecular complexity index is 1150. The number of thiazole rings is 1. The van der Waals surface area contributed by atoms with Gasteiger partial charge in [0.05, 0.1) is 11.6 Å². The van der Waals surface area contributed by atoms with Gasteiger partial charge in [0.2, 0.25) is 0 Å². The fourth-order valence-electron chi connectivity index (χ4n) is 3.75. The third kappa shape index (κ3) is 3.33. The molecular weight excluding hydrogens is 396 g/mol. The van der Waals surface area contributed by atoms with E-state index >= 15 is 0 Å². The van der Waals surface area contributed by atoms with Crippen molar-refractivity contribution in [2.75, 3.05) is 4.90 Å². The van der Waals surface area contributed by atoms with Crippen LogP contribution in [0.15, 0.2) is 59.6 Å². The van der Waals surface area contributed by atoms with Crippen LogP contribution in [-0.2, 0) is 16.0 Å². The summed E-state index contributed by atoms with van der Waals surface area (Å²) in [4.78, 5) is 31.8. The molecule has 6 heteroatoms. The highest BCUT2D eigenvalue weighted by atomic mass is 32.1. The first-order valence-corrected chi connectivity index (χ1v) is 10.7. The van der Waals surface area contributed by atoms with E-state index in [1.54, 1.807) is 11.6 Å². The van der Waals surface area contributed by atoms with Crippen LogP contribution in [-0.4, -0.2) is 21.8 Å². The third-order valence-corrected chi connectivity index (χ3v) is 6.19. The molecular formula is C24H22N2O3S. The van der Waals surface area contributed by atoms with Gasteiger partial charge in [-0.25, -0.2) is 4.98 Å². The fourth-order valence-corrected chi connectivity index (χ4v) is 4.42. The lowest BCUT2D eigenvalue weighted by Gasteiger charge is -2.23. The van der Waals surface area contributed by atoms with Crippen molar-refractivity contribution in [1.82, 2.24) is 4.98 Å². The van der Waals surface area contributed by atoms with Crippen molar-refractivity contribution < 1.29 is 14.7 Å². The van der Waals surface area contributed by atoms with Crippen LogP contribution in [0.4, 0.5) is 5.13 Å². The van der Waals surface area contributed by atoms with Gasteiger partial charge in [0.25, 0.3) is 5.78 Å². The summed E-state index contributed by atoms with van der Waals surface area (Å²) in [5, 5.41) is 13.4. The number of hydrogen-bond donors (Lipinski definition) is 1. The fraction of sp³-hybridized carbons (Fsp3) is 0.208. The molecule has 1 atom stereocenters. The van der Waals surface area contributed by atoms with E-state index in [0.29, 0.717) is 10.7 Å². The second-order valence-electron chi connectivity index (χ2n) is 7.40. The normalized spacial score (nSPS) is 18.2. The molecule has 4 rings (SSSR count). The summed E-state index contributed by atoms with van der Waals surface area (Å²) in [7, 11) is 0. The number of rotatable bonds is 4. The molecule has 1 aliphatic heterocycles. The van der Waals surface area contributed by atoms with Gasteiger partial charge in [-0.1, -0.05) is 48.9 Å². The van der Waals surface area contributed by atoms with Crippen LogP contribution in [0.25, 0.3) is 5.76 Å². The number of nitrogens with zero attached hydrogens (tertiary/aromatic N) is 2. The number of aliphatic hydroxyl groups excluding tert-OH is 1. The Kier molecular flexibility index (Phi) is 5.26. The number of benzene rings is 2. The van der Waals surface area contributed by atoms with E-state index in [1.807, 2.05) is 56.3 Å². The Labute approximate surface area is 179 Å². The average molecular weight is 419 g/mol. The monoisotopic (exact) mass is 418 g/mol. The van der Waals surface area contributed by atoms with E-state index in [2.05, 4.69) is 11.9 Å². The number of carbonyl (C=O) groups is 2. The summed E-state index contributed by atoms with van der Waals surface area (Å²) < 4.78 is 0. The summed E-state index contributed by atoms with van der Waals surface area (Å²) in [5.74, 6) is -1.53. The number of hydrogen-bond acceptors (Lipinski definition) is 5. The lowest BCUT2D eigenvalue weighted by Crippen LogP contribution is -2.29. The molecule has 1 aromatic heterocycles. The van der Waals surface area contributed by atoms with Gasteiger partial charge >= 0.3 is 5.91 Å². The summed E-state index contributed by atoms with van der Waals surface area (Å²) in [6, 6.07) is 12.7. The van der Waals surface area contributed by atoms with Crippen molar-refractivity contribution in [3.8, 4) is 0 Å². The highest BCUT2D eigenvalue weighted by Crippen LogP contribution is 2.43. The number of aromatic nitrogens is 1. The van der Waals surface area contributed by atoms with Crippen molar-refractivity contribution >= 4 is 33.9 Å². The van der Waals surface area contributed by atoms with Crippen molar-refractivity contribution in [2.24, 2.45) is 0 Å². The minimum atomic E-state index is -0.734. The van der Waals surface area contributed by atoms with Crippen LogP contribution in [0.2, 0.25) is 0 Å². The van der Waals surface area contributed by atoms with Gasteiger partial charge in [0.1, 0.15) is 5.76 Å². The lowest BCUT2D eigenvalue weighted by atomic mass is 9.93. The molecule has 1 amide bonds. The molecule has 30 heavy (non-hydrogen) atoms. The maximum atomic E-state index is 13.1. The Morgan fingerprint density at radius 2 is 1.87 bits per heavy atom. The van der Waals surface area contributed by atoms with Crippen LogP contribution in [0.3, 0.4) is 0 Å². The number of aliphatic hydroxyl groups is 1. The summed E-state index contributed by atoms with van der Waals surface area (Å²) in [6.07, 6.45) is 2.48. The van der Waals surface area contributed by atoms with Crippen LogP contribution < -0.4 is 4.90 Å². The molecule has 1 unspecified atom stereocenters. The zero-order valence-electron chi connectivity index (χ0n) is 17.0. The number of ketones is 1. The molecule has 0 saturated carbocycles. The van der Waals surface area contributed by atoms with Crippen LogP contribution in [0, 0.1) is 13.8 Å². The summed E-state index contributed by atoms with van der Waals surface area (Å²) in [6.45, 7) is 5.86. The molecule has 5 nitrogen and oxygen atoms in total. The molecule has 1 N–H and O–H groups in total. The van der Waals surface area contributed by atoms with Gasteiger partial charge in [-0.2, -0.15) is 0 Å². The first-order valence-electron chi connectivity index (χ1n) is 9.79. The van der Waals surface area contributed by atoms with Gasteiger partial charge in [0, 0.05) is 17.1 Å². The average Bonchev–Trinajstić information content (AvgIpc) is 3.36. The number of amides is 1. The predicted octanol–water partition coefficient (Wildman–Crippen LogP) is 4.95. The Balaban J connectivity index is 1.95. The molecule has 0 bridgehead atoms. The van der Waals surface area contributed by atoms with Crippen molar-refractivity contribution in [2.45, 2.75) is 33.2 Å². The maximum absolute atomic E-state index is 13.1. The highest BCUT2D eigenvalue weighted by molar-refractivity contribution is 7.14.